The molecule has 0 aromatic carbocycles. The topological polar surface area (TPSA) is 55.1 Å². The molecule has 3 nitrogen and oxygen atoms in total. The van der Waals surface area contributed by atoms with E-state index in [2.05, 4.69) is 46.5 Å². The SMILES string of the molecule is CC(C)(CNC(=O)CCCN)c1cc(Br)cs1. The van der Waals surface area contributed by atoms with Crippen LogP contribution in [0.3, 0.4) is 0 Å². The molecule has 0 unspecified atom stereocenters. The molecule has 0 saturated carbocycles. The summed E-state index contributed by atoms with van der Waals surface area (Å²) in [5, 5.41) is 5.03. The third kappa shape index (κ3) is 4.77. The van der Waals surface area contributed by atoms with E-state index >= 15 is 0 Å². The Balaban J connectivity index is 2.47. The second-order valence-corrected chi connectivity index (χ2v) is 6.51. The summed E-state index contributed by atoms with van der Waals surface area (Å²) in [5.74, 6) is 0.0825. The lowest BCUT2D eigenvalue weighted by Crippen LogP contribution is -2.36. The van der Waals surface area contributed by atoms with Gasteiger partial charge in [-0.05, 0) is 35.0 Å². The number of nitrogens with two attached hydrogens (primary N) is 1. The molecule has 0 aliphatic carbocycles. The molecule has 0 fully saturated rings. The maximum absolute atomic E-state index is 11.5. The largest absolute Gasteiger partial charge is 0.355 e. The number of hydrogen-bond donors (Lipinski definition) is 2. The van der Waals surface area contributed by atoms with Crippen LogP contribution in [0.4, 0.5) is 0 Å². The Morgan fingerprint density at radius 3 is 2.82 bits per heavy atom. The highest BCUT2D eigenvalue weighted by molar-refractivity contribution is 9.10. The number of carbonyl (C=O) groups is 1. The Hall–Kier alpha value is -0.390. The molecule has 1 aromatic heterocycles. The molecule has 5 heteroatoms. The Bertz CT molecular complexity index is 376. The fourth-order valence-corrected chi connectivity index (χ4v) is 2.98. The van der Waals surface area contributed by atoms with E-state index in [0.29, 0.717) is 19.5 Å². The van der Waals surface area contributed by atoms with Crippen LogP contribution < -0.4 is 11.1 Å². The van der Waals surface area contributed by atoms with Crippen molar-refractivity contribution in [1.29, 1.82) is 0 Å². The molecular formula is C12H19BrN2OS. The first-order chi connectivity index (χ1) is 7.95. The van der Waals surface area contributed by atoms with Gasteiger partial charge in [-0.3, -0.25) is 4.79 Å². The summed E-state index contributed by atoms with van der Waals surface area (Å²) in [6, 6.07) is 2.11. The number of carbonyl (C=O) groups excluding carboxylic acids is 1. The van der Waals surface area contributed by atoms with Gasteiger partial charge in [-0.1, -0.05) is 13.8 Å². The van der Waals surface area contributed by atoms with Crippen LogP contribution in [0.2, 0.25) is 0 Å². The normalized spacial score (nSPS) is 11.5. The van der Waals surface area contributed by atoms with Crippen molar-refractivity contribution in [2.75, 3.05) is 13.1 Å². The van der Waals surface area contributed by atoms with Crippen LogP contribution in [0.5, 0.6) is 0 Å². The zero-order chi connectivity index (χ0) is 12.9. The minimum atomic E-state index is -0.0327. The third-order valence-electron chi connectivity index (χ3n) is 2.57. The van der Waals surface area contributed by atoms with Gasteiger partial charge >= 0.3 is 0 Å². The highest BCUT2D eigenvalue weighted by Gasteiger charge is 2.23. The molecule has 0 aliphatic heterocycles. The number of amides is 1. The van der Waals surface area contributed by atoms with Crippen molar-refractivity contribution in [3.8, 4) is 0 Å². The first-order valence-corrected chi connectivity index (χ1v) is 7.34. The van der Waals surface area contributed by atoms with E-state index in [1.54, 1.807) is 11.3 Å². The van der Waals surface area contributed by atoms with Crippen molar-refractivity contribution in [3.05, 3.63) is 20.8 Å². The van der Waals surface area contributed by atoms with Gasteiger partial charge in [0.2, 0.25) is 5.91 Å². The molecule has 0 radical (unpaired) electrons. The van der Waals surface area contributed by atoms with E-state index in [9.17, 15) is 4.79 Å². The van der Waals surface area contributed by atoms with Crippen LogP contribution >= 0.6 is 27.3 Å². The second-order valence-electron chi connectivity index (χ2n) is 4.68. The molecule has 96 valence electrons. The second kappa shape index (κ2) is 6.52. The lowest BCUT2D eigenvalue weighted by molar-refractivity contribution is -0.121. The Kier molecular flexibility index (Phi) is 5.62. The van der Waals surface area contributed by atoms with Gasteiger partial charge in [0.1, 0.15) is 0 Å². The highest BCUT2D eigenvalue weighted by atomic mass is 79.9. The highest BCUT2D eigenvalue weighted by Crippen LogP contribution is 2.30. The number of nitrogens with one attached hydrogen (secondary N) is 1. The molecular weight excluding hydrogens is 300 g/mol. The first kappa shape index (κ1) is 14.7. The summed E-state index contributed by atoms with van der Waals surface area (Å²) in [6.07, 6.45) is 1.26. The van der Waals surface area contributed by atoms with E-state index < -0.39 is 0 Å². The number of hydrogen-bond acceptors (Lipinski definition) is 3. The molecule has 1 amide bonds. The zero-order valence-electron chi connectivity index (χ0n) is 10.3. The number of halogens is 1. The lowest BCUT2D eigenvalue weighted by atomic mass is 9.91. The predicted molar refractivity (Wildman–Crippen MR) is 76.3 cm³/mol. The Morgan fingerprint density at radius 1 is 1.59 bits per heavy atom. The molecule has 1 aromatic rings. The number of thiophene rings is 1. The molecule has 3 N–H and O–H groups in total. The van der Waals surface area contributed by atoms with E-state index in [1.807, 2.05) is 0 Å². The van der Waals surface area contributed by atoms with Gasteiger partial charge < -0.3 is 11.1 Å². The average Bonchev–Trinajstić information content (AvgIpc) is 2.71. The van der Waals surface area contributed by atoms with E-state index in [4.69, 9.17) is 5.73 Å². The fourth-order valence-electron chi connectivity index (χ4n) is 1.43. The summed E-state index contributed by atoms with van der Waals surface area (Å²) >= 11 is 5.16. The standard InChI is InChI=1S/C12H19BrN2OS/c1-12(2,10-6-9(13)7-17-10)8-15-11(16)4-3-5-14/h6-7H,3-5,8,14H2,1-2H3,(H,15,16). The number of rotatable bonds is 6. The van der Waals surface area contributed by atoms with Crippen molar-refractivity contribution in [3.63, 3.8) is 0 Å². The maximum atomic E-state index is 11.5. The van der Waals surface area contributed by atoms with Crippen LogP contribution in [0.1, 0.15) is 31.6 Å². The van der Waals surface area contributed by atoms with Gasteiger partial charge in [0.15, 0.2) is 0 Å². The summed E-state index contributed by atoms with van der Waals surface area (Å²) in [7, 11) is 0. The van der Waals surface area contributed by atoms with Gasteiger partial charge in [0, 0.05) is 33.1 Å². The van der Waals surface area contributed by atoms with Gasteiger partial charge in [0.05, 0.1) is 0 Å². The molecule has 0 bridgehead atoms. The van der Waals surface area contributed by atoms with E-state index in [1.165, 1.54) is 4.88 Å². The van der Waals surface area contributed by atoms with Crippen molar-refractivity contribution in [2.24, 2.45) is 5.73 Å². The molecule has 1 heterocycles. The summed E-state index contributed by atoms with van der Waals surface area (Å²) in [4.78, 5) is 12.8. The molecule has 0 spiro atoms. The monoisotopic (exact) mass is 318 g/mol. The molecule has 0 aliphatic rings. The molecule has 17 heavy (non-hydrogen) atoms. The lowest BCUT2D eigenvalue weighted by Gasteiger charge is -2.23. The smallest absolute Gasteiger partial charge is 0.220 e. The van der Waals surface area contributed by atoms with Crippen LogP contribution in [-0.4, -0.2) is 19.0 Å². The minimum Gasteiger partial charge on any atom is -0.355 e. The summed E-state index contributed by atoms with van der Waals surface area (Å²) < 4.78 is 1.10. The van der Waals surface area contributed by atoms with Crippen molar-refractivity contribution in [1.82, 2.24) is 5.32 Å². The van der Waals surface area contributed by atoms with Gasteiger partial charge in [-0.15, -0.1) is 11.3 Å². The van der Waals surface area contributed by atoms with Crippen LogP contribution in [0.25, 0.3) is 0 Å². The Labute approximate surface area is 115 Å². The van der Waals surface area contributed by atoms with Crippen molar-refractivity contribution in [2.45, 2.75) is 32.1 Å². The van der Waals surface area contributed by atoms with Gasteiger partial charge in [-0.25, -0.2) is 0 Å². The summed E-state index contributed by atoms with van der Waals surface area (Å²) in [5.41, 5.74) is 5.34. The fraction of sp³-hybridized carbons (Fsp3) is 0.583. The van der Waals surface area contributed by atoms with Crippen LogP contribution in [-0.2, 0) is 10.2 Å². The van der Waals surface area contributed by atoms with Gasteiger partial charge in [0.25, 0.3) is 0 Å². The van der Waals surface area contributed by atoms with Crippen LogP contribution in [0, 0.1) is 0 Å². The van der Waals surface area contributed by atoms with Crippen molar-refractivity contribution >= 4 is 33.2 Å². The van der Waals surface area contributed by atoms with E-state index in [0.717, 1.165) is 10.9 Å². The average molecular weight is 319 g/mol. The molecule has 1 rings (SSSR count). The van der Waals surface area contributed by atoms with Crippen molar-refractivity contribution < 1.29 is 4.79 Å². The first-order valence-electron chi connectivity index (χ1n) is 5.67. The zero-order valence-corrected chi connectivity index (χ0v) is 12.7. The quantitative estimate of drug-likeness (QED) is 0.847. The van der Waals surface area contributed by atoms with Crippen LogP contribution in [0.15, 0.2) is 15.9 Å². The third-order valence-corrected chi connectivity index (χ3v) is 4.63. The minimum absolute atomic E-state index is 0.0327. The molecule has 0 saturated heterocycles. The molecule has 0 atom stereocenters. The maximum Gasteiger partial charge on any atom is 0.220 e. The Morgan fingerprint density at radius 2 is 2.29 bits per heavy atom. The van der Waals surface area contributed by atoms with E-state index in [-0.39, 0.29) is 11.3 Å². The predicted octanol–water partition coefficient (Wildman–Crippen LogP) is 2.64. The summed E-state index contributed by atoms with van der Waals surface area (Å²) in [6.45, 7) is 5.49. The van der Waals surface area contributed by atoms with Gasteiger partial charge in [-0.2, -0.15) is 0 Å².